The molecule has 2 atom stereocenters. The number of hydrogen-bond donors (Lipinski definition) is 1. The van der Waals surface area contributed by atoms with Crippen LogP contribution >= 0.6 is 11.6 Å². The molecule has 1 aliphatic heterocycles. The second kappa shape index (κ2) is 9.02. The van der Waals surface area contributed by atoms with Crippen LogP contribution in [0.5, 0.6) is 0 Å². The van der Waals surface area contributed by atoms with Crippen LogP contribution in [-0.4, -0.2) is 45.9 Å². The topological polar surface area (TPSA) is 69.7 Å². The minimum Gasteiger partial charge on any atom is -0.308 e. The van der Waals surface area contributed by atoms with Gasteiger partial charge in [-0.3, -0.25) is 4.79 Å². The van der Waals surface area contributed by atoms with Gasteiger partial charge in [-0.05, 0) is 80.2 Å². The lowest BCUT2D eigenvalue weighted by Gasteiger charge is -2.22. The molecule has 1 amide bonds. The average molecular weight is 490 g/mol. The number of anilines is 1. The number of nitrogens with one attached hydrogen (secondary N) is 1. The van der Waals surface area contributed by atoms with Crippen molar-refractivity contribution in [3.05, 3.63) is 71.0 Å². The molecule has 3 aromatic rings. The smallest absolute Gasteiger partial charge is 0.245 e. The summed E-state index contributed by atoms with van der Waals surface area (Å²) in [6.45, 7) is 2.18. The lowest BCUT2D eigenvalue weighted by Crippen LogP contribution is -2.41. The lowest BCUT2D eigenvalue weighted by atomic mass is 10.1. The van der Waals surface area contributed by atoms with Gasteiger partial charge >= 0.3 is 0 Å². The molecule has 1 fully saturated rings. The number of nitrogens with zero attached hydrogens (tertiary/aromatic N) is 2. The van der Waals surface area contributed by atoms with E-state index in [9.17, 15) is 17.6 Å². The summed E-state index contributed by atoms with van der Waals surface area (Å²) in [7, 11) is -0.142. The van der Waals surface area contributed by atoms with Gasteiger partial charge in [-0.2, -0.15) is 4.72 Å². The van der Waals surface area contributed by atoms with E-state index in [0.29, 0.717) is 5.02 Å². The van der Waals surface area contributed by atoms with Crippen molar-refractivity contribution in [3.63, 3.8) is 0 Å². The summed E-state index contributed by atoms with van der Waals surface area (Å²) in [4.78, 5) is 16.3. The molecule has 1 saturated heterocycles. The Morgan fingerprint density at radius 3 is 2.48 bits per heavy atom. The Labute approximate surface area is 198 Å². The third-order valence-electron chi connectivity index (χ3n) is 6.11. The molecule has 9 heteroatoms. The molecule has 1 heterocycles. The number of amides is 1. The highest BCUT2D eigenvalue weighted by Crippen LogP contribution is 2.29. The Kier molecular flexibility index (Phi) is 6.46. The minimum absolute atomic E-state index is 0.0142. The second-order valence-electron chi connectivity index (χ2n) is 8.46. The molecule has 3 aromatic carbocycles. The van der Waals surface area contributed by atoms with Crippen LogP contribution in [0.15, 0.2) is 59.5 Å². The molecule has 1 unspecified atom stereocenters. The molecule has 1 N–H and O–H groups in total. The van der Waals surface area contributed by atoms with E-state index in [1.165, 1.54) is 23.1 Å². The first-order chi connectivity index (χ1) is 15.6. The standard InChI is InChI=1S/C24H25ClFN3O3S/c1-15(28(2)3)16-6-9-23(21(26)14-16)29-11-10-22(24(29)30)27-33(31,32)20-8-5-17-12-19(25)7-4-18(17)13-20/h4-9,12-15,22,27H,10-11H2,1-3H3/t15?,22-/m1/s1. The van der Waals surface area contributed by atoms with Gasteiger partial charge in [-0.1, -0.05) is 29.8 Å². The molecule has 1 aliphatic rings. The summed E-state index contributed by atoms with van der Waals surface area (Å²) in [5.41, 5.74) is 0.946. The molecule has 0 radical (unpaired) electrons. The van der Waals surface area contributed by atoms with Crippen molar-refractivity contribution in [1.82, 2.24) is 9.62 Å². The second-order valence-corrected chi connectivity index (χ2v) is 10.6. The van der Waals surface area contributed by atoms with Crippen LogP contribution in [0.25, 0.3) is 10.8 Å². The Bertz CT molecular complexity index is 1330. The fourth-order valence-corrected chi connectivity index (χ4v) is 5.38. The van der Waals surface area contributed by atoms with Crippen molar-refractivity contribution in [1.29, 1.82) is 0 Å². The molecule has 0 saturated carbocycles. The van der Waals surface area contributed by atoms with Crippen molar-refractivity contribution in [3.8, 4) is 0 Å². The lowest BCUT2D eigenvalue weighted by molar-refractivity contribution is -0.118. The largest absolute Gasteiger partial charge is 0.308 e. The van der Waals surface area contributed by atoms with E-state index >= 15 is 0 Å². The summed E-state index contributed by atoms with van der Waals surface area (Å²) < 4.78 is 43.2. The maximum Gasteiger partial charge on any atom is 0.245 e. The number of benzene rings is 3. The summed E-state index contributed by atoms with van der Waals surface area (Å²) in [5.74, 6) is -0.982. The molecule has 0 aliphatic carbocycles. The highest BCUT2D eigenvalue weighted by atomic mass is 35.5. The van der Waals surface area contributed by atoms with Crippen LogP contribution < -0.4 is 9.62 Å². The van der Waals surface area contributed by atoms with Crippen LogP contribution in [0.2, 0.25) is 5.02 Å². The van der Waals surface area contributed by atoms with Gasteiger partial charge in [-0.15, -0.1) is 0 Å². The quantitative estimate of drug-likeness (QED) is 0.559. The van der Waals surface area contributed by atoms with E-state index in [1.54, 1.807) is 36.4 Å². The predicted octanol–water partition coefficient (Wildman–Crippen LogP) is 4.34. The van der Waals surface area contributed by atoms with E-state index in [4.69, 9.17) is 11.6 Å². The van der Waals surface area contributed by atoms with Gasteiger partial charge in [0.05, 0.1) is 10.6 Å². The van der Waals surface area contributed by atoms with E-state index in [1.807, 2.05) is 25.9 Å². The highest BCUT2D eigenvalue weighted by molar-refractivity contribution is 7.89. The first-order valence-corrected chi connectivity index (χ1v) is 12.4. The van der Waals surface area contributed by atoms with Gasteiger partial charge in [0.25, 0.3) is 0 Å². The third kappa shape index (κ3) is 4.75. The predicted molar refractivity (Wildman–Crippen MR) is 129 cm³/mol. The normalized spacial score (nSPS) is 17.8. The molecule has 0 bridgehead atoms. The van der Waals surface area contributed by atoms with Crippen molar-refractivity contribution >= 4 is 44.0 Å². The fourth-order valence-electron chi connectivity index (χ4n) is 3.95. The number of hydrogen-bond acceptors (Lipinski definition) is 4. The zero-order valence-electron chi connectivity index (χ0n) is 18.5. The highest BCUT2D eigenvalue weighted by Gasteiger charge is 2.36. The summed E-state index contributed by atoms with van der Waals surface area (Å²) in [6.07, 6.45) is 0.247. The van der Waals surface area contributed by atoms with Crippen LogP contribution in [-0.2, 0) is 14.8 Å². The summed E-state index contributed by atoms with van der Waals surface area (Å²) in [5, 5.41) is 2.09. The van der Waals surface area contributed by atoms with Crippen LogP contribution in [0.1, 0.15) is 24.9 Å². The van der Waals surface area contributed by atoms with Crippen molar-refractivity contribution in [2.24, 2.45) is 0 Å². The summed E-state index contributed by atoms with van der Waals surface area (Å²) >= 11 is 5.99. The van der Waals surface area contributed by atoms with Gasteiger partial charge in [0.15, 0.2) is 0 Å². The number of sulfonamides is 1. The molecule has 4 rings (SSSR count). The molecular formula is C24H25ClFN3O3S. The first kappa shape index (κ1) is 23.6. The SMILES string of the molecule is CC(c1ccc(N2CC[C@@H](NS(=O)(=O)c3ccc4cc(Cl)ccc4c3)C2=O)c(F)c1)N(C)C. The zero-order valence-corrected chi connectivity index (χ0v) is 20.1. The Hall–Kier alpha value is -2.52. The van der Waals surface area contributed by atoms with Gasteiger partial charge in [-0.25, -0.2) is 12.8 Å². The monoisotopic (exact) mass is 489 g/mol. The van der Waals surface area contributed by atoms with E-state index < -0.39 is 27.8 Å². The molecule has 0 aromatic heterocycles. The maximum atomic E-state index is 14.8. The molecule has 174 valence electrons. The molecule has 6 nitrogen and oxygen atoms in total. The minimum atomic E-state index is -3.95. The maximum absolute atomic E-state index is 14.8. The fraction of sp³-hybridized carbons (Fsp3) is 0.292. The third-order valence-corrected chi connectivity index (χ3v) is 7.81. The number of rotatable bonds is 6. The van der Waals surface area contributed by atoms with Crippen molar-refractivity contribution in [2.45, 2.75) is 30.3 Å². The molecule has 0 spiro atoms. The first-order valence-electron chi connectivity index (χ1n) is 10.6. The Morgan fingerprint density at radius 2 is 1.79 bits per heavy atom. The number of carbonyl (C=O) groups is 1. The Morgan fingerprint density at radius 1 is 1.09 bits per heavy atom. The molecule has 33 heavy (non-hydrogen) atoms. The zero-order chi connectivity index (χ0) is 23.9. The van der Waals surface area contributed by atoms with Gasteiger partial charge < -0.3 is 9.80 Å². The van der Waals surface area contributed by atoms with E-state index in [0.717, 1.165) is 16.3 Å². The number of halogens is 2. The molecular weight excluding hydrogens is 465 g/mol. The van der Waals surface area contributed by atoms with Gasteiger partial charge in [0.1, 0.15) is 11.9 Å². The van der Waals surface area contributed by atoms with E-state index in [-0.39, 0.29) is 29.6 Å². The summed E-state index contributed by atoms with van der Waals surface area (Å²) in [6, 6.07) is 13.7. The van der Waals surface area contributed by atoms with Crippen LogP contribution in [0.4, 0.5) is 10.1 Å². The van der Waals surface area contributed by atoms with Gasteiger partial charge in [0, 0.05) is 17.6 Å². The Balaban J connectivity index is 1.53. The number of fused-ring (bicyclic) bond motifs is 1. The van der Waals surface area contributed by atoms with Crippen LogP contribution in [0.3, 0.4) is 0 Å². The van der Waals surface area contributed by atoms with Crippen molar-refractivity contribution < 1.29 is 17.6 Å². The van der Waals surface area contributed by atoms with E-state index in [2.05, 4.69) is 4.72 Å². The van der Waals surface area contributed by atoms with Crippen molar-refractivity contribution in [2.75, 3.05) is 25.5 Å². The van der Waals surface area contributed by atoms with Gasteiger partial charge in [0.2, 0.25) is 15.9 Å². The van der Waals surface area contributed by atoms with Crippen LogP contribution in [0, 0.1) is 5.82 Å². The number of carbonyl (C=O) groups excluding carboxylic acids is 1. The average Bonchev–Trinajstić information content (AvgIpc) is 3.11.